The van der Waals surface area contributed by atoms with Crippen molar-refractivity contribution in [1.29, 1.82) is 0 Å². The Bertz CT molecular complexity index is 600. The van der Waals surface area contributed by atoms with Crippen LogP contribution in [0.2, 0.25) is 0 Å². The largest absolute Gasteiger partial charge is 0.490 e. The van der Waals surface area contributed by atoms with E-state index in [2.05, 4.69) is 0 Å². The number of likely N-dealkylation sites (N-methyl/N-ethyl adjacent to an activating group) is 1. The van der Waals surface area contributed by atoms with E-state index < -0.39 is 6.10 Å². The maximum absolute atomic E-state index is 11.8. The third kappa shape index (κ3) is 3.22. The van der Waals surface area contributed by atoms with Crippen LogP contribution in [-0.4, -0.2) is 59.7 Å². The second-order valence-corrected chi connectivity index (χ2v) is 5.76. The molecule has 0 bridgehead atoms. The summed E-state index contributed by atoms with van der Waals surface area (Å²) in [5, 5.41) is 10.1. The van der Waals surface area contributed by atoms with E-state index >= 15 is 0 Å². The lowest BCUT2D eigenvalue weighted by Gasteiger charge is -2.20. The maximum atomic E-state index is 11.8. The van der Waals surface area contributed by atoms with E-state index in [1.165, 1.54) is 4.90 Å². The fraction of sp³-hybridized carbons (Fsp3) is 0.500. The number of hydrogen-bond donors (Lipinski definition) is 1. The standard InChI is InChI=1S/C16H22N2O4/c1-10-5-6-11(2)15(12(10)3)22-9-13(19)7-18-14(20)8-17(4)16(18)21/h5-6,13,19H,7-9H2,1-4H3/t13-/m0/s1. The lowest BCUT2D eigenvalue weighted by atomic mass is 10.1. The van der Waals surface area contributed by atoms with E-state index in [0.29, 0.717) is 0 Å². The van der Waals surface area contributed by atoms with Gasteiger partial charge in [-0.05, 0) is 37.5 Å². The molecule has 0 aliphatic carbocycles. The first-order valence-electron chi connectivity index (χ1n) is 7.24. The number of hydrogen-bond acceptors (Lipinski definition) is 4. The molecule has 120 valence electrons. The van der Waals surface area contributed by atoms with E-state index in [1.807, 2.05) is 32.9 Å². The van der Waals surface area contributed by atoms with Crippen molar-refractivity contribution in [3.8, 4) is 5.75 Å². The Balaban J connectivity index is 1.97. The quantitative estimate of drug-likeness (QED) is 0.831. The van der Waals surface area contributed by atoms with Crippen LogP contribution in [0, 0.1) is 20.8 Å². The Morgan fingerprint density at radius 2 is 1.86 bits per heavy atom. The fourth-order valence-electron chi connectivity index (χ4n) is 2.44. The highest BCUT2D eigenvalue weighted by atomic mass is 16.5. The van der Waals surface area contributed by atoms with E-state index in [4.69, 9.17) is 4.74 Å². The third-order valence-corrected chi connectivity index (χ3v) is 3.92. The molecular formula is C16H22N2O4. The molecule has 2 rings (SSSR count). The molecule has 0 unspecified atom stereocenters. The van der Waals surface area contributed by atoms with Crippen LogP contribution in [0.15, 0.2) is 12.1 Å². The summed E-state index contributed by atoms with van der Waals surface area (Å²) >= 11 is 0. The van der Waals surface area contributed by atoms with Crippen LogP contribution < -0.4 is 4.74 Å². The number of urea groups is 1. The zero-order valence-corrected chi connectivity index (χ0v) is 13.4. The zero-order valence-electron chi connectivity index (χ0n) is 13.4. The van der Waals surface area contributed by atoms with Crippen LogP contribution in [0.25, 0.3) is 0 Å². The Hall–Kier alpha value is -2.08. The van der Waals surface area contributed by atoms with Gasteiger partial charge >= 0.3 is 6.03 Å². The van der Waals surface area contributed by atoms with Gasteiger partial charge in [-0.1, -0.05) is 12.1 Å². The van der Waals surface area contributed by atoms with Gasteiger partial charge in [0.15, 0.2) is 0 Å². The minimum Gasteiger partial charge on any atom is -0.490 e. The first-order valence-corrected chi connectivity index (χ1v) is 7.24. The normalized spacial score (nSPS) is 16.4. The molecule has 22 heavy (non-hydrogen) atoms. The Morgan fingerprint density at radius 3 is 2.45 bits per heavy atom. The van der Waals surface area contributed by atoms with Crippen molar-refractivity contribution >= 4 is 11.9 Å². The van der Waals surface area contributed by atoms with Gasteiger partial charge in [0, 0.05) is 7.05 Å². The topological polar surface area (TPSA) is 70.1 Å². The fourth-order valence-corrected chi connectivity index (χ4v) is 2.44. The van der Waals surface area contributed by atoms with Crippen molar-refractivity contribution in [1.82, 2.24) is 9.80 Å². The molecule has 0 radical (unpaired) electrons. The summed E-state index contributed by atoms with van der Waals surface area (Å²) in [5.41, 5.74) is 3.13. The second-order valence-electron chi connectivity index (χ2n) is 5.76. The smallest absolute Gasteiger partial charge is 0.327 e. The molecule has 1 atom stereocenters. The molecule has 1 saturated heterocycles. The summed E-state index contributed by atoms with van der Waals surface area (Å²) in [7, 11) is 1.56. The summed E-state index contributed by atoms with van der Waals surface area (Å²) in [6.45, 7) is 5.94. The van der Waals surface area contributed by atoms with Crippen molar-refractivity contribution in [2.24, 2.45) is 0 Å². The molecule has 1 aromatic carbocycles. The van der Waals surface area contributed by atoms with Crippen LogP contribution in [0.3, 0.4) is 0 Å². The number of rotatable bonds is 5. The highest BCUT2D eigenvalue weighted by Gasteiger charge is 2.34. The molecule has 1 aliphatic heterocycles. The number of carbonyl (C=O) groups excluding carboxylic acids is 2. The molecule has 1 N–H and O–H groups in total. The lowest BCUT2D eigenvalue weighted by molar-refractivity contribution is -0.126. The van der Waals surface area contributed by atoms with Crippen LogP contribution in [0.1, 0.15) is 16.7 Å². The third-order valence-electron chi connectivity index (χ3n) is 3.92. The number of ether oxygens (including phenoxy) is 1. The molecule has 0 aromatic heterocycles. The van der Waals surface area contributed by atoms with Crippen molar-refractivity contribution < 1.29 is 19.4 Å². The summed E-state index contributed by atoms with van der Waals surface area (Å²) in [5.74, 6) is 0.449. The first kappa shape index (κ1) is 16.3. The summed E-state index contributed by atoms with van der Waals surface area (Å²) in [6.07, 6.45) is -0.918. The number of aryl methyl sites for hydroxylation is 2. The predicted molar refractivity (Wildman–Crippen MR) is 81.9 cm³/mol. The summed E-state index contributed by atoms with van der Waals surface area (Å²) in [6, 6.07) is 3.60. The van der Waals surface area contributed by atoms with Crippen molar-refractivity contribution in [3.63, 3.8) is 0 Å². The van der Waals surface area contributed by atoms with Crippen LogP contribution in [0.4, 0.5) is 4.79 Å². The average Bonchev–Trinajstić information content (AvgIpc) is 2.69. The summed E-state index contributed by atoms with van der Waals surface area (Å²) in [4.78, 5) is 25.8. The lowest BCUT2D eigenvalue weighted by Crippen LogP contribution is -2.40. The van der Waals surface area contributed by atoms with Gasteiger partial charge in [-0.15, -0.1) is 0 Å². The van der Waals surface area contributed by atoms with E-state index in [9.17, 15) is 14.7 Å². The van der Waals surface area contributed by atoms with Crippen molar-refractivity contribution in [2.75, 3.05) is 26.7 Å². The van der Waals surface area contributed by atoms with Gasteiger partial charge in [0.2, 0.25) is 5.91 Å². The minimum atomic E-state index is -0.918. The minimum absolute atomic E-state index is 0.0336. The molecule has 1 aliphatic rings. The van der Waals surface area contributed by atoms with Crippen LogP contribution in [0.5, 0.6) is 5.75 Å². The van der Waals surface area contributed by atoms with Crippen LogP contribution >= 0.6 is 0 Å². The highest BCUT2D eigenvalue weighted by Crippen LogP contribution is 2.25. The average molecular weight is 306 g/mol. The van der Waals surface area contributed by atoms with Gasteiger partial charge in [0.1, 0.15) is 25.0 Å². The molecule has 0 spiro atoms. The first-order chi connectivity index (χ1) is 10.3. The molecule has 6 heteroatoms. The Kier molecular flexibility index (Phi) is 4.71. The van der Waals surface area contributed by atoms with Gasteiger partial charge in [-0.2, -0.15) is 0 Å². The number of nitrogens with zero attached hydrogens (tertiary/aromatic N) is 2. The van der Waals surface area contributed by atoms with Crippen LogP contribution in [-0.2, 0) is 4.79 Å². The van der Waals surface area contributed by atoms with Crippen molar-refractivity contribution in [2.45, 2.75) is 26.9 Å². The van der Waals surface area contributed by atoms with Gasteiger partial charge in [0.25, 0.3) is 0 Å². The monoisotopic (exact) mass is 306 g/mol. The van der Waals surface area contributed by atoms with Gasteiger partial charge in [-0.25, -0.2) is 4.79 Å². The van der Waals surface area contributed by atoms with E-state index in [0.717, 1.165) is 27.3 Å². The summed E-state index contributed by atoms with van der Waals surface area (Å²) < 4.78 is 5.70. The number of imide groups is 1. The molecule has 3 amide bonds. The number of aliphatic hydroxyl groups excluding tert-OH is 1. The Labute approximate surface area is 130 Å². The number of aliphatic hydroxyl groups is 1. The zero-order chi connectivity index (χ0) is 16.4. The van der Waals surface area contributed by atoms with Gasteiger partial charge in [0.05, 0.1) is 6.54 Å². The van der Waals surface area contributed by atoms with Gasteiger partial charge in [-0.3, -0.25) is 9.69 Å². The number of β-amino-alcohol motifs (C(OH)–C–C–N with tert-alkyl or cyclic N) is 1. The second kappa shape index (κ2) is 6.36. The predicted octanol–water partition coefficient (Wildman–Crippen LogP) is 1.25. The molecule has 0 saturated carbocycles. The molecule has 6 nitrogen and oxygen atoms in total. The molecule has 1 fully saturated rings. The SMILES string of the molecule is Cc1ccc(C)c(OC[C@@H](O)CN2C(=O)CN(C)C2=O)c1C. The maximum Gasteiger partial charge on any atom is 0.327 e. The van der Waals surface area contributed by atoms with Gasteiger partial charge < -0.3 is 14.7 Å². The molecule has 1 aromatic rings. The van der Waals surface area contributed by atoms with Crippen molar-refractivity contribution in [3.05, 3.63) is 28.8 Å². The number of carbonyl (C=O) groups is 2. The van der Waals surface area contributed by atoms with E-state index in [1.54, 1.807) is 7.05 Å². The highest BCUT2D eigenvalue weighted by molar-refractivity contribution is 6.01. The Morgan fingerprint density at radius 1 is 1.23 bits per heavy atom. The van der Waals surface area contributed by atoms with E-state index in [-0.39, 0.29) is 31.6 Å². The molecular weight excluding hydrogens is 284 g/mol. The number of amides is 3. The number of benzene rings is 1. The molecule has 1 heterocycles.